The van der Waals surface area contributed by atoms with Crippen molar-refractivity contribution in [3.8, 4) is 0 Å². The molecule has 1 saturated heterocycles. The maximum absolute atomic E-state index is 12.1. The summed E-state index contributed by atoms with van der Waals surface area (Å²) in [5, 5.41) is 13.6. The van der Waals surface area contributed by atoms with Crippen LogP contribution >= 0.6 is 11.6 Å². The van der Waals surface area contributed by atoms with Gasteiger partial charge in [0.1, 0.15) is 5.02 Å². The molecule has 1 amide bonds. The minimum Gasteiger partial charge on any atom is -0.349 e. The molecule has 0 radical (unpaired) electrons. The second kappa shape index (κ2) is 6.19. The van der Waals surface area contributed by atoms with Crippen molar-refractivity contribution in [3.63, 3.8) is 0 Å². The van der Waals surface area contributed by atoms with Crippen LogP contribution in [-0.2, 0) is 0 Å². The van der Waals surface area contributed by atoms with E-state index in [1.54, 1.807) is 0 Å². The molecule has 0 aromatic heterocycles. The van der Waals surface area contributed by atoms with Crippen LogP contribution in [-0.4, -0.2) is 41.9 Å². The maximum atomic E-state index is 12.1. The minimum atomic E-state index is -0.568. The number of carbonyl (C=O) groups is 1. The smallest absolute Gasteiger partial charge is 0.287 e. The molecule has 1 aliphatic heterocycles. The third-order valence-electron chi connectivity index (χ3n) is 3.46. The molecule has 1 N–H and O–H groups in total. The van der Waals surface area contributed by atoms with E-state index in [4.69, 9.17) is 11.6 Å². The van der Waals surface area contributed by atoms with Gasteiger partial charge in [0.2, 0.25) is 0 Å². The summed E-state index contributed by atoms with van der Waals surface area (Å²) in [6, 6.07) is 4.16. The van der Waals surface area contributed by atoms with E-state index in [-0.39, 0.29) is 22.7 Å². The van der Waals surface area contributed by atoms with E-state index in [1.165, 1.54) is 18.2 Å². The van der Waals surface area contributed by atoms with Crippen molar-refractivity contribution in [2.45, 2.75) is 18.9 Å². The molecule has 2 rings (SSSR count). The van der Waals surface area contributed by atoms with Gasteiger partial charge in [-0.25, -0.2) is 0 Å². The molecule has 1 aliphatic rings. The van der Waals surface area contributed by atoms with E-state index in [2.05, 4.69) is 10.2 Å². The van der Waals surface area contributed by atoms with Crippen LogP contribution in [0, 0.1) is 10.1 Å². The zero-order valence-electron chi connectivity index (χ0n) is 11.1. The molecule has 6 nitrogen and oxygen atoms in total. The fourth-order valence-corrected chi connectivity index (χ4v) is 2.47. The number of amides is 1. The van der Waals surface area contributed by atoms with Crippen LogP contribution < -0.4 is 5.32 Å². The van der Waals surface area contributed by atoms with Crippen molar-refractivity contribution >= 4 is 23.2 Å². The second-order valence-corrected chi connectivity index (χ2v) is 5.38. The third-order valence-corrected chi connectivity index (χ3v) is 3.76. The topological polar surface area (TPSA) is 75.5 Å². The molecule has 7 heteroatoms. The number of nitrogens with one attached hydrogen (secondary N) is 1. The number of likely N-dealkylation sites (tertiary alicyclic amines) is 1. The number of nitro benzene ring substituents is 1. The van der Waals surface area contributed by atoms with Gasteiger partial charge in [0, 0.05) is 17.7 Å². The summed E-state index contributed by atoms with van der Waals surface area (Å²) < 4.78 is 0. The molecule has 1 aromatic carbocycles. The Morgan fingerprint density at radius 2 is 2.10 bits per heavy atom. The molecular formula is C13H16ClN3O3. The van der Waals surface area contributed by atoms with E-state index in [0.717, 1.165) is 25.9 Å². The predicted molar refractivity (Wildman–Crippen MR) is 76.1 cm³/mol. The second-order valence-electron chi connectivity index (χ2n) is 4.97. The number of rotatable bonds is 3. The van der Waals surface area contributed by atoms with Crippen LogP contribution in [0.2, 0.25) is 5.02 Å². The minimum absolute atomic E-state index is 0.0222. The summed E-state index contributed by atoms with van der Waals surface area (Å²) >= 11 is 5.80. The van der Waals surface area contributed by atoms with Gasteiger partial charge in [0.25, 0.3) is 11.6 Å². The van der Waals surface area contributed by atoms with Gasteiger partial charge in [0.05, 0.1) is 4.92 Å². The highest BCUT2D eigenvalue weighted by Crippen LogP contribution is 2.25. The van der Waals surface area contributed by atoms with Gasteiger partial charge in [0.15, 0.2) is 0 Å². The molecule has 20 heavy (non-hydrogen) atoms. The lowest BCUT2D eigenvalue weighted by Gasteiger charge is -2.29. The van der Waals surface area contributed by atoms with Crippen LogP contribution in [0.4, 0.5) is 5.69 Å². The highest BCUT2D eigenvalue weighted by Gasteiger charge is 2.20. The van der Waals surface area contributed by atoms with Gasteiger partial charge in [-0.3, -0.25) is 14.9 Å². The fourth-order valence-electron chi connectivity index (χ4n) is 2.22. The summed E-state index contributed by atoms with van der Waals surface area (Å²) in [6.45, 7) is 1.90. The average molecular weight is 298 g/mol. The Bertz CT molecular complexity index is 528. The Balaban J connectivity index is 2.02. The van der Waals surface area contributed by atoms with Crippen molar-refractivity contribution in [2.75, 3.05) is 20.1 Å². The molecule has 0 bridgehead atoms. The lowest BCUT2D eigenvalue weighted by atomic mass is 10.0. The SMILES string of the molecule is CN1CCC(NC(=O)c2ccc([N+](=O)[O-])c(Cl)c2)CC1. The van der Waals surface area contributed by atoms with Gasteiger partial charge in [-0.2, -0.15) is 0 Å². The molecule has 0 atom stereocenters. The first kappa shape index (κ1) is 14.7. The van der Waals surface area contributed by atoms with Gasteiger partial charge in [-0.15, -0.1) is 0 Å². The van der Waals surface area contributed by atoms with Gasteiger partial charge < -0.3 is 10.2 Å². The Kier molecular flexibility index (Phi) is 4.57. The van der Waals surface area contributed by atoms with E-state index in [9.17, 15) is 14.9 Å². The number of halogens is 1. The average Bonchev–Trinajstić information content (AvgIpc) is 2.40. The Hall–Kier alpha value is -1.66. The Labute approximate surface area is 121 Å². The quantitative estimate of drug-likeness (QED) is 0.684. The zero-order chi connectivity index (χ0) is 14.7. The molecule has 0 saturated carbocycles. The first-order chi connectivity index (χ1) is 9.47. The van der Waals surface area contributed by atoms with Crippen molar-refractivity contribution < 1.29 is 9.72 Å². The largest absolute Gasteiger partial charge is 0.349 e. The lowest BCUT2D eigenvalue weighted by Crippen LogP contribution is -2.43. The van der Waals surface area contributed by atoms with Crippen LogP contribution in [0.15, 0.2) is 18.2 Å². The van der Waals surface area contributed by atoms with E-state index < -0.39 is 4.92 Å². The van der Waals surface area contributed by atoms with E-state index in [0.29, 0.717) is 5.56 Å². The number of hydrogen-bond donors (Lipinski definition) is 1. The van der Waals surface area contributed by atoms with Gasteiger partial charge in [-0.1, -0.05) is 11.6 Å². The molecule has 1 fully saturated rings. The Morgan fingerprint density at radius 3 is 2.65 bits per heavy atom. The first-order valence-electron chi connectivity index (χ1n) is 6.40. The number of piperidine rings is 1. The number of nitrogens with zero attached hydrogens (tertiary/aromatic N) is 2. The van der Waals surface area contributed by atoms with Crippen molar-refractivity contribution in [3.05, 3.63) is 38.9 Å². The molecule has 0 aliphatic carbocycles. The first-order valence-corrected chi connectivity index (χ1v) is 6.78. The molecule has 0 unspecified atom stereocenters. The number of nitro groups is 1. The zero-order valence-corrected chi connectivity index (χ0v) is 11.9. The lowest BCUT2D eigenvalue weighted by molar-refractivity contribution is -0.384. The van der Waals surface area contributed by atoms with Crippen molar-refractivity contribution in [2.24, 2.45) is 0 Å². The van der Waals surface area contributed by atoms with E-state index in [1.807, 2.05) is 7.05 Å². The molecular weight excluding hydrogens is 282 g/mol. The number of carbonyl (C=O) groups excluding carboxylic acids is 1. The van der Waals surface area contributed by atoms with E-state index >= 15 is 0 Å². The molecule has 108 valence electrons. The van der Waals surface area contributed by atoms with Crippen molar-refractivity contribution in [1.29, 1.82) is 0 Å². The summed E-state index contributed by atoms with van der Waals surface area (Å²) in [4.78, 5) is 24.4. The molecule has 1 heterocycles. The van der Waals surface area contributed by atoms with Gasteiger partial charge >= 0.3 is 0 Å². The number of benzene rings is 1. The van der Waals surface area contributed by atoms with Crippen LogP contribution in [0.3, 0.4) is 0 Å². The highest BCUT2D eigenvalue weighted by molar-refractivity contribution is 6.33. The summed E-state index contributed by atoms with van der Waals surface area (Å²) in [6.07, 6.45) is 1.81. The third kappa shape index (κ3) is 3.46. The highest BCUT2D eigenvalue weighted by atomic mass is 35.5. The van der Waals surface area contributed by atoms with Crippen LogP contribution in [0.5, 0.6) is 0 Å². The Morgan fingerprint density at radius 1 is 1.45 bits per heavy atom. The summed E-state index contributed by atoms with van der Waals surface area (Å²) in [7, 11) is 2.05. The van der Waals surface area contributed by atoms with Gasteiger partial charge in [-0.05, 0) is 45.1 Å². The number of hydrogen-bond acceptors (Lipinski definition) is 4. The normalized spacial score (nSPS) is 16.9. The molecule has 1 aromatic rings. The summed E-state index contributed by atoms with van der Waals surface area (Å²) in [5.74, 6) is -0.239. The molecule has 0 spiro atoms. The summed E-state index contributed by atoms with van der Waals surface area (Å²) in [5.41, 5.74) is 0.155. The fraction of sp³-hybridized carbons (Fsp3) is 0.462. The van der Waals surface area contributed by atoms with Crippen LogP contribution in [0.1, 0.15) is 23.2 Å². The standard InChI is InChI=1S/C13H16ClN3O3/c1-16-6-4-10(5-7-16)15-13(18)9-2-3-12(17(19)20)11(14)8-9/h2-3,8,10H,4-7H2,1H3,(H,15,18). The maximum Gasteiger partial charge on any atom is 0.287 e. The predicted octanol–water partition coefficient (Wildman–Crippen LogP) is 2.07. The van der Waals surface area contributed by atoms with Crippen molar-refractivity contribution in [1.82, 2.24) is 10.2 Å². The van der Waals surface area contributed by atoms with Crippen LogP contribution in [0.25, 0.3) is 0 Å². The monoisotopic (exact) mass is 297 g/mol.